The molecule has 0 amide bonds. The van der Waals surface area contributed by atoms with Crippen LogP contribution in [0, 0.1) is 13.8 Å². The van der Waals surface area contributed by atoms with Crippen molar-refractivity contribution in [3.05, 3.63) is 63.4 Å². The van der Waals surface area contributed by atoms with E-state index in [9.17, 15) is 0 Å². The molecule has 2 aromatic rings. The van der Waals surface area contributed by atoms with E-state index in [1.165, 1.54) is 22.3 Å². The lowest BCUT2D eigenvalue weighted by atomic mass is 9.93. The molecule has 0 spiro atoms. The molecule has 0 aliphatic carbocycles. The maximum Gasteiger partial charge on any atom is 0.0410 e. The molecule has 0 saturated carbocycles. The van der Waals surface area contributed by atoms with E-state index in [0.717, 1.165) is 17.4 Å². The topological polar surface area (TPSA) is 24.9 Å². The van der Waals surface area contributed by atoms with Gasteiger partial charge in [-0.2, -0.15) is 0 Å². The minimum atomic E-state index is 0.296. The average Bonchev–Trinajstić information content (AvgIpc) is 2.42. The number of hydrogen-bond acceptors (Lipinski definition) is 2. The summed E-state index contributed by atoms with van der Waals surface area (Å²) in [6.07, 6.45) is 4.77. The molecular weight excluding hydrogens is 312 g/mol. The molecule has 1 unspecified atom stereocenters. The molecule has 1 aromatic carbocycles. The Morgan fingerprint density at radius 3 is 2.50 bits per heavy atom. The molecular formula is C17H21BrN2. The van der Waals surface area contributed by atoms with Crippen LogP contribution < -0.4 is 5.32 Å². The highest BCUT2D eigenvalue weighted by Crippen LogP contribution is 2.24. The zero-order chi connectivity index (χ0) is 14.5. The van der Waals surface area contributed by atoms with E-state index < -0.39 is 0 Å². The monoisotopic (exact) mass is 332 g/mol. The van der Waals surface area contributed by atoms with Gasteiger partial charge in [0.25, 0.3) is 0 Å². The van der Waals surface area contributed by atoms with E-state index >= 15 is 0 Å². The lowest BCUT2D eigenvalue weighted by Gasteiger charge is -2.21. The van der Waals surface area contributed by atoms with Crippen molar-refractivity contribution in [3.63, 3.8) is 0 Å². The van der Waals surface area contributed by atoms with E-state index in [4.69, 9.17) is 0 Å². The highest BCUT2D eigenvalue weighted by molar-refractivity contribution is 9.10. The van der Waals surface area contributed by atoms with Gasteiger partial charge in [0.2, 0.25) is 0 Å². The van der Waals surface area contributed by atoms with Crippen LogP contribution >= 0.6 is 15.9 Å². The number of aromatic nitrogens is 1. The van der Waals surface area contributed by atoms with Gasteiger partial charge in [0.15, 0.2) is 0 Å². The van der Waals surface area contributed by atoms with Crippen LogP contribution in [0.15, 0.2) is 41.1 Å². The Morgan fingerprint density at radius 1 is 1.20 bits per heavy atom. The van der Waals surface area contributed by atoms with E-state index in [1.54, 1.807) is 0 Å². The van der Waals surface area contributed by atoms with Crippen molar-refractivity contribution in [3.8, 4) is 0 Å². The summed E-state index contributed by atoms with van der Waals surface area (Å²) in [5.41, 5.74) is 5.37. The number of hydrogen-bond donors (Lipinski definition) is 1. The fourth-order valence-electron chi connectivity index (χ4n) is 2.55. The third kappa shape index (κ3) is 3.68. The van der Waals surface area contributed by atoms with Crippen molar-refractivity contribution in [2.45, 2.75) is 33.2 Å². The summed E-state index contributed by atoms with van der Waals surface area (Å²) in [5, 5.41) is 3.57. The van der Waals surface area contributed by atoms with Gasteiger partial charge in [-0.15, -0.1) is 0 Å². The van der Waals surface area contributed by atoms with Crippen LogP contribution in [-0.4, -0.2) is 11.5 Å². The molecule has 0 fully saturated rings. The normalized spacial score (nSPS) is 12.4. The first kappa shape index (κ1) is 15.2. The Labute approximate surface area is 129 Å². The van der Waals surface area contributed by atoms with E-state index in [1.807, 2.05) is 12.4 Å². The molecule has 3 heteroatoms. The van der Waals surface area contributed by atoms with Crippen LogP contribution in [-0.2, 0) is 6.42 Å². The first-order valence-electron chi connectivity index (χ1n) is 7.00. The Hall–Kier alpha value is -1.19. The number of halogens is 1. The van der Waals surface area contributed by atoms with Gasteiger partial charge < -0.3 is 5.32 Å². The Balaban J connectivity index is 2.30. The van der Waals surface area contributed by atoms with Crippen LogP contribution in [0.5, 0.6) is 0 Å². The van der Waals surface area contributed by atoms with E-state index in [2.05, 4.69) is 71.3 Å². The van der Waals surface area contributed by atoms with Crippen molar-refractivity contribution in [1.29, 1.82) is 0 Å². The molecule has 1 atom stereocenters. The van der Waals surface area contributed by atoms with Crippen LogP contribution in [0.4, 0.5) is 0 Å². The number of aryl methyl sites for hydroxylation is 2. The minimum absolute atomic E-state index is 0.296. The fraction of sp³-hybridized carbons (Fsp3) is 0.353. The Morgan fingerprint density at radius 2 is 1.90 bits per heavy atom. The summed E-state index contributed by atoms with van der Waals surface area (Å²) in [6.45, 7) is 7.46. The molecule has 2 rings (SSSR count). The van der Waals surface area contributed by atoms with Crippen molar-refractivity contribution >= 4 is 15.9 Å². The SMILES string of the molecule is CCNC(Cc1c(C)cccc1C)c1cncc(Br)c1. The first-order valence-corrected chi connectivity index (χ1v) is 7.80. The molecule has 1 heterocycles. The zero-order valence-electron chi connectivity index (χ0n) is 12.3. The molecule has 0 aliphatic heterocycles. The largest absolute Gasteiger partial charge is 0.310 e. The van der Waals surface area contributed by atoms with Crippen molar-refractivity contribution < 1.29 is 0 Å². The van der Waals surface area contributed by atoms with Crippen molar-refractivity contribution in [1.82, 2.24) is 10.3 Å². The van der Waals surface area contributed by atoms with Crippen LogP contribution in [0.25, 0.3) is 0 Å². The van der Waals surface area contributed by atoms with Gasteiger partial charge in [0.05, 0.1) is 0 Å². The van der Waals surface area contributed by atoms with Crippen molar-refractivity contribution in [2.24, 2.45) is 0 Å². The molecule has 1 N–H and O–H groups in total. The summed E-state index contributed by atoms with van der Waals surface area (Å²) < 4.78 is 1.03. The van der Waals surface area contributed by atoms with Gasteiger partial charge >= 0.3 is 0 Å². The van der Waals surface area contributed by atoms with Crippen LogP contribution in [0.2, 0.25) is 0 Å². The van der Waals surface area contributed by atoms with Crippen LogP contribution in [0.1, 0.15) is 35.2 Å². The lowest BCUT2D eigenvalue weighted by molar-refractivity contribution is 0.546. The average molecular weight is 333 g/mol. The van der Waals surface area contributed by atoms with E-state index in [-0.39, 0.29) is 0 Å². The highest BCUT2D eigenvalue weighted by atomic mass is 79.9. The molecule has 0 saturated heterocycles. The predicted octanol–water partition coefficient (Wildman–Crippen LogP) is 4.35. The molecule has 0 bridgehead atoms. The van der Waals surface area contributed by atoms with Crippen molar-refractivity contribution in [2.75, 3.05) is 6.54 Å². The molecule has 2 nitrogen and oxygen atoms in total. The van der Waals surface area contributed by atoms with E-state index in [0.29, 0.717) is 6.04 Å². The standard InChI is InChI=1S/C17H21BrN2/c1-4-20-17(14-8-15(18)11-19-10-14)9-16-12(2)6-5-7-13(16)3/h5-8,10-11,17,20H,4,9H2,1-3H3. The number of benzene rings is 1. The number of pyridine rings is 1. The zero-order valence-corrected chi connectivity index (χ0v) is 13.9. The lowest BCUT2D eigenvalue weighted by Crippen LogP contribution is -2.23. The summed E-state index contributed by atoms with van der Waals surface area (Å²) in [5.74, 6) is 0. The molecule has 0 radical (unpaired) electrons. The summed E-state index contributed by atoms with van der Waals surface area (Å²) >= 11 is 3.51. The number of likely N-dealkylation sites (N-methyl/N-ethyl adjacent to an activating group) is 1. The summed E-state index contributed by atoms with van der Waals surface area (Å²) in [6, 6.07) is 8.94. The summed E-state index contributed by atoms with van der Waals surface area (Å²) in [4.78, 5) is 4.29. The Bertz CT molecular complexity index is 561. The van der Waals surface area contributed by atoms with Gasteiger partial charge in [-0.3, -0.25) is 4.98 Å². The maximum atomic E-state index is 4.29. The third-order valence-corrected chi connectivity index (χ3v) is 4.07. The maximum absolute atomic E-state index is 4.29. The summed E-state index contributed by atoms with van der Waals surface area (Å²) in [7, 11) is 0. The molecule has 1 aromatic heterocycles. The van der Waals surface area contributed by atoms with Gasteiger partial charge in [-0.1, -0.05) is 25.1 Å². The molecule has 0 aliphatic rings. The second-order valence-corrected chi connectivity index (χ2v) is 6.04. The second kappa shape index (κ2) is 7.00. The van der Waals surface area contributed by atoms with Gasteiger partial charge in [-0.05, 0) is 71.1 Å². The first-order chi connectivity index (χ1) is 9.61. The molecule has 106 valence electrons. The quantitative estimate of drug-likeness (QED) is 0.880. The van der Waals surface area contributed by atoms with Gasteiger partial charge in [-0.25, -0.2) is 0 Å². The van der Waals surface area contributed by atoms with Crippen LogP contribution in [0.3, 0.4) is 0 Å². The minimum Gasteiger partial charge on any atom is -0.310 e. The predicted molar refractivity (Wildman–Crippen MR) is 88.0 cm³/mol. The molecule has 20 heavy (non-hydrogen) atoms. The van der Waals surface area contributed by atoms with Gasteiger partial charge in [0.1, 0.15) is 0 Å². The number of nitrogens with one attached hydrogen (secondary N) is 1. The smallest absolute Gasteiger partial charge is 0.0410 e. The number of rotatable bonds is 5. The Kier molecular flexibility index (Phi) is 5.32. The number of nitrogens with zero attached hydrogens (tertiary/aromatic N) is 1. The van der Waals surface area contributed by atoms with Gasteiger partial charge in [0, 0.05) is 22.9 Å². The second-order valence-electron chi connectivity index (χ2n) is 5.12. The third-order valence-electron chi connectivity index (χ3n) is 3.63. The fourth-order valence-corrected chi connectivity index (χ4v) is 2.93. The highest BCUT2D eigenvalue weighted by Gasteiger charge is 2.14.